The lowest BCUT2D eigenvalue weighted by atomic mass is 10.1. The molecule has 29 heavy (non-hydrogen) atoms. The summed E-state index contributed by atoms with van der Waals surface area (Å²) in [6.45, 7) is 6.46. The van der Waals surface area contributed by atoms with Crippen LogP contribution in [0.5, 0.6) is 0 Å². The molecule has 1 saturated heterocycles. The van der Waals surface area contributed by atoms with Crippen LogP contribution in [-0.2, 0) is 0 Å². The fourth-order valence-corrected chi connectivity index (χ4v) is 3.73. The van der Waals surface area contributed by atoms with E-state index in [9.17, 15) is 14.9 Å². The summed E-state index contributed by atoms with van der Waals surface area (Å²) in [7, 11) is 0. The van der Waals surface area contributed by atoms with Gasteiger partial charge in [0.1, 0.15) is 0 Å². The summed E-state index contributed by atoms with van der Waals surface area (Å²) in [5, 5.41) is 11.8. The molecule has 1 aliphatic rings. The predicted octanol–water partition coefficient (Wildman–Crippen LogP) is 3.72. The molecule has 3 aromatic rings. The monoisotopic (exact) mass is 390 g/mol. The molecule has 0 aliphatic carbocycles. The van der Waals surface area contributed by atoms with E-state index in [0.29, 0.717) is 31.7 Å². The number of rotatable bonds is 3. The Balaban J connectivity index is 1.48. The highest BCUT2D eigenvalue weighted by atomic mass is 16.6. The number of aryl methyl sites for hydroxylation is 2. The van der Waals surface area contributed by atoms with E-state index in [1.807, 2.05) is 43.0 Å². The van der Waals surface area contributed by atoms with Crippen LogP contribution in [0.2, 0.25) is 0 Å². The van der Waals surface area contributed by atoms with E-state index < -0.39 is 4.92 Å². The molecule has 2 heterocycles. The van der Waals surface area contributed by atoms with Crippen molar-refractivity contribution >= 4 is 28.2 Å². The third kappa shape index (κ3) is 3.76. The van der Waals surface area contributed by atoms with E-state index in [1.165, 1.54) is 12.1 Å². The number of non-ortho nitro benzene ring substituents is 1. The molecule has 0 unspecified atom stereocenters. The zero-order chi connectivity index (χ0) is 20.5. The second kappa shape index (κ2) is 7.50. The van der Waals surface area contributed by atoms with Crippen molar-refractivity contribution in [1.29, 1.82) is 0 Å². The van der Waals surface area contributed by atoms with Gasteiger partial charge in [-0.05, 0) is 44.2 Å². The fourth-order valence-electron chi connectivity index (χ4n) is 3.73. The Morgan fingerprint density at radius 2 is 1.69 bits per heavy atom. The maximum absolute atomic E-state index is 13.1. The van der Waals surface area contributed by atoms with E-state index >= 15 is 0 Å². The van der Waals surface area contributed by atoms with Gasteiger partial charge in [0.15, 0.2) is 0 Å². The smallest absolute Gasteiger partial charge is 0.269 e. The van der Waals surface area contributed by atoms with Gasteiger partial charge in [0.05, 0.1) is 21.7 Å². The first-order valence-corrected chi connectivity index (χ1v) is 9.59. The number of nitrogens with zero attached hydrogens (tertiary/aromatic N) is 4. The van der Waals surface area contributed by atoms with Crippen LogP contribution in [-0.4, -0.2) is 46.9 Å². The van der Waals surface area contributed by atoms with E-state index in [-0.39, 0.29) is 11.6 Å². The molecule has 7 heteroatoms. The molecule has 7 nitrogen and oxygen atoms in total. The highest BCUT2D eigenvalue weighted by molar-refractivity contribution is 5.98. The summed E-state index contributed by atoms with van der Waals surface area (Å²) in [5.74, 6) is 0.00163. The molecule has 0 bridgehead atoms. The second-order valence-electron chi connectivity index (χ2n) is 7.37. The first-order chi connectivity index (χ1) is 13.9. The maximum Gasteiger partial charge on any atom is 0.269 e. The van der Waals surface area contributed by atoms with Gasteiger partial charge < -0.3 is 9.80 Å². The summed E-state index contributed by atoms with van der Waals surface area (Å²) in [4.78, 5) is 32.1. The zero-order valence-electron chi connectivity index (χ0n) is 16.5. The van der Waals surface area contributed by atoms with Crippen molar-refractivity contribution in [2.45, 2.75) is 13.8 Å². The van der Waals surface area contributed by atoms with E-state index in [4.69, 9.17) is 0 Å². The lowest BCUT2D eigenvalue weighted by Gasteiger charge is -2.36. The zero-order valence-corrected chi connectivity index (χ0v) is 16.5. The molecule has 0 radical (unpaired) electrons. The number of hydrogen-bond donors (Lipinski definition) is 0. The van der Waals surface area contributed by atoms with Crippen LogP contribution >= 0.6 is 0 Å². The van der Waals surface area contributed by atoms with E-state index in [0.717, 1.165) is 27.8 Å². The first-order valence-electron chi connectivity index (χ1n) is 9.59. The second-order valence-corrected chi connectivity index (χ2v) is 7.37. The molecular weight excluding hydrogens is 368 g/mol. The van der Waals surface area contributed by atoms with Crippen LogP contribution in [0.25, 0.3) is 10.9 Å². The third-order valence-corrected chi connectivity index (χ3v) is 5.38. The number of benzene rings is 2. The van der Waals surface area contributed by atoms with Gasteiger partial charge in [0.2, 0.25) is 0 Å². The molecule has 4 rings (SSSR count). The number of piperazine rings is 1. The molecule has 148 valence electrons. The summed E-state index contributed by atoms with van der Waals surface area (Å²) in [6.07, 6.45) is 0. The quantitative estimate of drug-likeness (QED) is 0.503. The number of hydrogen-bond acceptors (Lipinski definition) is 5. The Kier molecular flexibility index (Phi) is 4.88. The SMILES string of the molecule is Cc1ccc2nc(C)c(C(=O)N3CCN(c4ccc([N+](=O)[O-])cc4)CC3)cc2c1. The molecule has 0 N–H and O–H groups in total. The Labute approximate surface area is 168 Å². The minimum atomic E-state index is -0.401. The first kappa shape index (κ1) is 18.9. The van der Waals surface area contributed by atoms with Crippen LogP contribution in [0, 0.1) is 24.0 Å². The van der Waals surface area contributed by atoms with E-state index in [1.54, 1.807) is 12.1 Å². The van der Waals surface area contributed by atoms with Crippen molar-refractivity contribution in [3.05, 3.63) is 75.5 Å². The Hall–Kier alpha value is -3.48. The minimum absolute atomic E-state index is 0.00163. The highest BCUT2D eigenvalue weighted by Crippen LogP contribution is 2.23. The average Bonchev–Trinajstić information content (AvgIpc) is 2.73. The number of nitro groups is 1. The van der Waals surface area contributed by atoms with Crippen LogP contribution in [0.15, 0.2) is 48.5 Å². The van der Waals surface area contributed by atoms with Gasteiger partial charge >= 0.3 is 0 Å². The number of carbonyl (C=O) groups is 1. The topological polar surface area (TPSA) is 79.6 Å². The van der Waals surface area contributed by atoms with Crippen molar-refractivity contribution in [3.8, 4) is 0 Å². The van der Waals surface area contributed by atoms with Crippen molar-refractivity contribution in [2.75, 3.05) is 31.1 Å². The van der Waals surface area contributed by atoms with Gasteiger partial charge in [0.25, 0.3) is 11.6 Å². The molecule has 0 spiro atoms. The van der Waals surface area contributed by atoms with Crippen molar-refractivity contribution in [2.24, 2.45) is 0 Å². The van der Waals surface area contributed by atoms with Crippen LogP contribution in [0.4, 0.5) is 11.4 Å². The third-order valence-electron chi connectivity index (χ3n) is 5.38. The number of anilines is 1. The molecule has 1 amide bonds. The molecule has 1 aliphatic heterocycles. The summed E-state index contributed by atoms with van der Waals surface area (Å²) in [6, 6.07) is 14.5. The maximum atomic E-state index is 13.1. The van der Waals surface area contributed by atoms with Gasteiger partial charge in [-0.3, -0.25) is 19.9 Å². The Morgan fingerprint density at radius 3 is 2.34 bits per heavy atom. The average molecular weight is 390 g/mol. The lowest BCUT2D eigenvalue weighted by Crippen LogP contribution is -2.49. The Morgan fingerprint density at radius 1 is 1.00 bits per heavy atom. The number of pyridine rings is 1. The molecule has 1 aromatic heterocycles. The Bertz CT molecular complexity index is 1090. The van der Waals surface area contributed by atoms with Crippen molar-refractivity contribution < 1.29 is 9.72 Å². The van der Waals surface area contributed by atoms with E-state index in [2.05, 4.69) is 9.88 Å². The number of carbonyl (C=O) groups excluding carboxylic acids is 1. The number of nitro benzene ring substituents is 1. The van der Waals surface area contributed by atoms with Crippen LogP contribution in [0.1, 0.15) is 21.6 Å². The molecule has 0 saturated carbocycles. The fraction of sp³-hybridized carbons (Fsp3) is 0.273. The summed E-state index contributed by atoms with van der Waals surface area (Å²) < 4.78 is 0. The van der Waals surface area contributed by atoms with Crippen LogP contribution in [0.3, 0.4) is 0 Å². The summed E-state index contributed by atoms with van der Waals surface area (Å²) in [5.41, 5.74) is 4.43. The number of aromatic nitrogens is 1. The van der Waals surface area contributed by atoms with Crippen molar-refractivity contribution in [3.63, 3.8) is 0 Å². The molecular formula is C22H22N4O3. The van der Waals surface area contributed by atoms with Gasteiger partial charge in [-0.1, -0.05) is 11.6 Å². The largest absolute Gasteiger partial charge is 0.368 e. The molecule has 2 aromatic carbocycles. The van der Waals surface area contributed by atoms with Gasteiger partial charge in [-0.25, -0.2) is 0 Å². The lowest BCUT2D eigenvalue weighted by molar-refractivity contribution is -0.384. The minimum Gasteiger partial charge on any atom is -0.368 e. The molecule has 0 atom stereocenters. The predicted molar refractivity (Wildman–Crippen MR) is 112 cm³/mol. The summed E-state index contributed by atoms with van der Waals surface area (Å²) >= 11 is 0. The number of amides is 1. The van der Waals surface area contributed by atoms with Gasteiger partial charge in [0, 0.05) is 49.4 Å². The number of fused-ring (bicyclic) bond motifs is 1. The standard InChI is InChI=1S/C22H22N4O3/c1-15-3-8-21-17(13-15)14-20(16(2)23-21)22(27)25-11-9-24(10-12-25)18-4-6-19(7-5-18)26(28)29/h3-8,13-14H,9-12H2,1-2H3. The van der Waals surface area contributed by atoms with Crippen molar-refractivity contribution in [1.82, 2.24) is 9.88 Å². The highest BCUT2D eigenvalue weighted by Gasteiger charge is 2.24. The molecule has 1 fully saturated rings. The van der Waals surface area contributed by atoms with Gasteiger partial charge in [-0.2, -0.15) is 0 Å². The normalized spacial score (nSPS) is 14.3. The van der Waals surface area contributed by atoms with Crippen LogP contribution < -0.4 is 4.90 Å². The van der Waals surface area contributed by atoms with Gasteiger partial charge in [-0.15, -0.1) is 0 Å².